The Bertz CT molecular complexity index is 1460. The zero-order valence-corrected chi connectivity index (χ0v) is 19.5. The predicted molar refractivity (Wildman–Crippen MR) is 135 cm³/mol. The maximum atomic E-state index is 13.7. The van der Waals surface area contributed by atoms with Gasteiger partial charge in [-0.2, -0.15) is 9.57 Å². The largest absolute Gasteiger partial charge is 0.368 e. The summed E-state index contributed by atoms with van der Waals surface area (Å²) in [6.07, 6.45) is 0.582. The number of anilines is 1. The third-order valence-electron chi connectivity index (χ3n) is 6.48. The van der Waals surface area contributed by atoms with Gasteiger partial charge >= 0.3 is 0 Å². The molecule has 1 fully saturated rings. The third-order valence-corrected chi connectivity index (χ3v) is 8.45. The molecule has 170 valence electrons. The van der Waals surface area contributed by atoms with Gasteiger partial charge in [-0.25, -0.2) is 8.42 Å². The van der Waals surface area contributed by atoms with Gasteiger partial charge in [-0.05, 0) is 47.0 Å². The monoisotopic (exact) mass is 467 g/mol. The van der Waals surface area contributed by atoms with E-state index in [4.69, 9.17) is 0 Å². The van der Waals surface area contributed by atoms with Gasteiger partial charge in [0.15, 0.2) is 0 Å². The van der Waals surface area contributed by atoms with Crippen LogP contribution < -0.4 is 4.90 Å². The van der Waals surface area contributed by atoms with E-state index in [1.165, 1.54) is 0 Å². The van der Waals surface area contributed by atoms with Crippen LogP contribution in [-0.4, -0.2) is 38.4 Å². The number of nitrogens with zero attached hydrogens (tertiary/aromatic N) is 3. The van der Waals surface area contributed by atoms with Crippen molar-refractivity contribution in [2.45, 2.75) is 17.4 Å². The summed E-state index contributed by atoms with van der Waals surface area (Å²) in [5.74, 6) is 0. The summed E-state index contributed by atoms with van der Waals surface area (Å²) in [6.45, 7) is 1.39. The first-order valence-corrected chi connectivity index (χ1v) is 12.8. The van der Waals surface area contributed by atoms with Crippen molar-refractivity contribution in [1.82, 2.24) is 4.31 Å². The highest BCUT2D eigenvalue weighted by molar-refractivity contribution is 7.89. The van der Waals surface area contributed by atoms with Crippen LogP contribution in [0.25, 0.3) is 10.8 Å². The minimum atomic E-state index is -3.66. The highest BCUT2D eigenvalue weighted by Crippen LogP contribution is 2.30. The van der Waals surface area contributed by atoms with Crippen LogP contribution in [0.15, 0.2) is 102 Å². The molecule has 1 heterocycles. The first-order valence-electron chi connectivity index (χ1n) is 11.4. The molecule has 34 heavy (non-hydrogen) atoms. The van der Waals surface area contributed by atoms with Crippen LogP contribution in [0.3, 0.4) is 0 Å². The molecule has 0 aromatic heterocycles. The molecule has 6 heteroatoms. The number of para-hydroxylation sites is 1. The van der Waals surface area contributed by atoms with E-state index in [-0.39, 0.29) is 6.04 Å². The average molecular weight is 468 g/mol. The number of nitriles is 1. The topological polar surface area (TPSA) is 64.4 Å². The van der Waals surface area contributed by atoms with Gasteiger partial charge in [0, 0.05) is 25.7 Å². The second kappa shape index (κ2) is 9.30. The van der Waals surface area contributed by atoms with Gasteiger partial charge in [-0.3, -0.25) is 0 Å². The van der Waals surface area contributed by atoms with E-state index < -0.39 is 10.0 Å². The fourth-order valence-electron chi connectivity index (χ4n) is 4.84. The standard InChI is InChI=1S/C28H25N3O2S/c29-20-24-10-5-7-16-28(24)30-17-18-31(34(32,33)26-13-2-1-3-14-26)25(21-30)19-23-12-8-11-22-9-4-6-15-27(22)23/h1-16,25H,17-19,21H2. The number of fused-ring (bicyclic) bond motifs is 1. The van der Waals surface area contributed by atoms with Crippen LogP contribution >= 0.6 is 0 Å². The number of hydrogen-bond donors (Lipinski definition) is 0. The van der Waals surface area contributed by atoms with Crippen molar-refractivity contribution in [3.8, 4) is 6.07 Å². The molecule has 1 saturated heterocycles. The van der Waals surface area contributed by atoms with Gasteiger partial charge in [0.1, 0.15) is 6.07 Å². The normalized spacial score (nSPS) is 16.9. The zero-order valence-electron chi connectivity index (χ0n) is 18.7. The lowest BCUT2D eigenvalue weighted by atomic mass is 9.97. The summed E-state index contributed by atoms with van der Waals surface area (Å²) >= 11 is 0. The SMILES string of the molecule is N#Cc1ccccc1N1CCN(S(=O)(=O)c2ccccc2)C(Cc2cccc3ccccc23)C1. The van der Waals surface area contributed by atoms with Crippen LogP contribution in [0.4, 0.5) is 5.69 Å². The molecular weight excluding hydrogens is 442 g/mol. The fourth-order valence-corrected chi connectivity index (χ4v) is 6.46. The molecular formula is C28H25N3O2S. The molecule has 0 aliphatic carbocycles. The number of rotatable bonds is 5. The summed E-state index contributed by atoms with van der Waals surface area (Å²) in [5.41, 5.74) is 2.57. The van der Waals surface area contributed by atoms with Crippen molar-refractivity contribution in [1.29, 1.82) is 5.26 Å². The van der Waals surface area contributed by atoms with Crippen molar-refractivity contribution in [2.75, 3.05) is 24.5 Å². The minimum absolute atomic E-state index is 0.281. The highest BCUT2D eigenvalue weighted by atomic mass is 32.2. The van der Waals surface area contributed by atoms with E-state index in [1.54, 1.807) is 28.6 Å². The summed E-state index contributed by atoms with van der Waals surface area (Å²) < 4.78 is 29.0. The Morgan fingerprint density at radius 1 is 0.824 bits per heavy atom. The van der Waals surface area contributed by atoms with Gasteiger partial charge in [0.25, 0.3) is 0 Å². The van der Waals surface area contributed by atoms with Gasteiger partial charge < -0.3 is 4.90 Å². The molecule has 1 atom stereocenters. The zero-order chi connectivity index (χ0) is 23.5. The quantitative estimate of drug-likeness (QED) is 0.422. The number of benzene rings is 4. The molecule has 0 radical (unpaired) electrons. The summed E-state index contributed by atoms with van der Waals surface area (Å²) in [6, 6.07) is 32.5. The maximum Gasteiger partial charge on any atom is 0.243 e. The lowest BCUT2D eigenvalue weighted by Crippen LogP contribution is -2.56. The average Bonchev–Trinajstić information content (AvgIpc) is 2.89. The van der Waals surface area contributed by atoms with Crippen LogP contribution in [0, 0.1) is 11.3 Å². The molecule has 0 amide bonds. The van der Waals surface area contributed by atoms with Gasteiger partial charge in [-0.1, -0.05) is 72.8 Å². The van der Waals surface area contributed by atoms with Crippen molar-refractivity contribution in [3.05, 3.63) is 108 Å². The number of hydrogen-bond acceptors (Lipinski definition) is 4. The van der Waals surface area contributed by atoms with E-state index in [9.17, 15) is 13.7 Å². The molecule has 4 aromatic carbocycles. The summed E-state index contributed by atoms with van der Waals surface area (Å²) in [4.78, 5) is 2.45. The second-order valence-corrected chi connectivity index (χ2v) is 10.4. The molecule has 5 nitrogen and oxygen atoms in total. The molecule has 5 rings (SSSR count). The first-order chi connectivity index (χ1) is 16.6. The van der Waals surface area contributed by atoms with Crippen molar-refractivity contribution >= 4 is 26.5 Å². The van der Waals surface area contributed by atoms with Crippen molar-refractivity contribution in [2.24, 2.45) is 0 Å². The smallest absolute Gasteiger partial charge is 0.243 e. The molecule has 0 spiro atoms. The molecule has 1 unspecified atom stereocenters. The Balaban J connectivity index is 1.55. The van der Waals surface area contributed by atoms with E-state index in [2.05, 4.69) is 35.2 Å². The first kappa shape index (κ1) is 22.1. The number of sulfonamides is 1. The Labute approximate surface area is 200 Å². The van der Waals surface area contributed by atoms with Crippen LogP contribution in [0.5, 0.6) is 0 Å². The van der Waals surface area contributed by atoms with Crippen LogP contribution in [0.1, 0.15) is 11.1 Å². The summed E-state index contributed by atoms with van der Waals surface area (Å²) in [5, 5.41) is 11.9. The Morgan fingerprint density at radius 2 is 1.53 bits per heavy atom. The van der Waals surface area contributed by atoms with Gasteiger partial charge in [0.2, 0.25) is 10.0 Å². The Hall–Kier alpha value is -3.66. The molecule has 1 aliphatic rings. The Kier molecular flexibility index (Phi) is 6.06. The van der Waals surface area contributed by atoms with Crippen molar-refractivity contribution in [3.63, 3.8) is 0 Å². The molecule has 0 N–H and O–H groups in total. The molecule has 1 aliphatic heterocycles. The number of piperazine rings is 1. The molecule has 4 aromatic rings. The fraction of sp³-hybridized carbons (Fsp3) is 0.179. The summed E-state index contributed by atoms with van der Waals surface area (Å²) in [7, 11) is -3.66. The van der Waals surface area contributed by atoms with E-state index in [1.807, 2.05) is 48.5 Å². The molecule has 0 saturated carbocycles. The van der Waals surface area contributed by atoms with E-state index in [0.717, 1.165) is 22.0 Å². The van der Waals surface area contributed by atoms with Crippen molar-refractivity contribution < 1.29 is 8.42 Å². The lowest BCUT2D eigenvalue weighted by molar-refractivity contribution is 0.288. The van der Waals surface area contributed by atoms with E-state index in [0.29, 0.717) is 36.5 Å². The van der Waals surface area contributed by atoms with E-state index >= 15 is 0 Å². The molecule has 0 bridgehead atoms. The lowest BCUT2D eigenvalue weighted by Gasteiger charge is -2.42. The second-order valence-electron chi connectivity index (χ2n) is 8.50. The highest BCUT2D eigenvalue weighted by Gasteiger charge is 2.36. The Morgan fingerprint density at radius 3 is 2.35 bits per heavy atom. The van der Waals surface area contributed by atoms with Crippen LogP contribution in [0.2, 0.25) is 0 Å². The van der Waals surface area contributed by atoms with Gasteiger partial charge in [0.05, 0.1) is 16.1 Å². The maximum absolute atomic E-state index is 13.7. The predicted octanol–water partition coefficient (Wildman–Crippen LogP) is 4.83. The third kappa shape index (κ3) is 4.16. The van der Waals surface area contributed by atoms with Crippen LogP contribution in [-0.2, 0) is 16.4 Å². The minimum Gasteiger partial charge on any atom is -0.368 e. The van der Waals surface area contributed by atoms with Gasteiger partial charge in [-0.15, -0.1) is 0 Å².